The van der Waals surface area contributed by atoms with Gasteiger partial charge in [0.25, 0.3) is 5.91 Å². The molecule has 31 heavy (non-hydrogen) atoms. The van der Waals surface area contributed by atoms with Gasteiger partial charge in [-0.25, -0.2) is 0 Å². The lowest BCUT2D eigenvalue weighted by Gasteiger charge is -2.12. The van der Waals surface area contributed by atoms with E-state index in [0.717, 1.165) is 43.3 Å². The summed E-state index contributed by atoms with van der Waals surface area (Å²) in [5, 5.41) is 15.3. The highest BCUT2D eigenvalue weighted by Gasteiger charge is 2.15. The normalized spacial score (nSPS) is 11.3. The number of halogens is 3. The van der Waals surface area contributed by atoms with Gasteiger partial charge in [0, 0.05) is 19.4 Å². The van der Waals surface area contributed by atoms with E-state index < -0.39 is 5.91 Å². The summed E-state index contributed by atoms with van der Waals surface area (Å²) >= 11 is 10.5. The standard InChI is InChI=1S/C21H24Br3N3O4/c1-30-19-4-3-13(9-15(19)22)12-18(27-29)21(28)26-7-5-14-10-16(23)20(17(24)11-14)31-8-2-6-25/h3-4,9-11,29H,2,5-8,12,25H2,1H3,(H,26,28)/p+1/b27-18+. The van der Waals surface area contributed by atoms with Crippen molar-refractivity contribution in [2.45, 2.75) is 19.3 Å². The van der Waals surface area contributed by atoms with Crippen LogP contribution in [0.2, 0.25) is 0 Å². The summed E-state index contributed by atoms with van der Waals surface area (Å²) in [4.78, 5) is 12.4. The number of oxime groups is 1. The van der Waals surface area contributed by atoms with Crippen LogP contribution in [-0.4, -0.2) is 43.6 Å². The quantitative estimate of drug-likeness (QED) is 0.154. The van der Waals surface area contributed by atoms with E-state index >= 15 is 0 Å². The molecule has 10 heteroatoms. The molecule has 0 radical (unpaired) electrons. The number of quaternary nitrogens is 1. The molecule has 0 aliphatic carbocycles. The second-order valence-electron chi connectivity index (χ2n) is 6.64. The molecule has 0 atom stereocenters. The van der Waals surface area contributed by atoms with Crippen molar-refractivity contribution in [3.8, 4) is 11.5 Å². The number of rotatable bonds is 11. The molecule has 2 rings (SSSR count). The third kappa shape index (κ3) is 7.78. The van der Waals surface area contributed by atoms with E-state index in [1.54, 1.807) is 13.2 Å². The Kier molecular flexibility index (Phi) is 10.8. The second kappa shape index (κ2) is 13.0. The van der Waals surface area contributed by atoms with Crippen LogP contribution < -0.4 is 20.5 Å². The van der Waals surface area contributed by atoms with Gasteiger partial charge in [0.05, 0.1) is 33.7 Å². The Hall–Kier alpha value is -1.62. The highest BCUT2D eigenvalue weighted by Crippen LogP contribution is 2.35. The van der Waals surface area contributed by atoms with Crippen molar-refractivity contribution >= 4 is 59.4 Å². The van der Waals surface area contributed by atoms with Crippen molar-refractivity contribution in [3.05, 3.63) is 54.9 Å². The first-order valence-electron chi connectivity index (χ1n) is 9.61. The van der Waals surface area contributed by atoms with Crippen LogP contribution in [0.3, 0.4) is 0 Å². The van der Waals surface area contributed by atoms with E-state index in [9.17, 15) is 10.0 Å². The number of hydrogen-bond acceptors (Lipinski definition) is 5. The number of methoxy groups -OCH3 is 1. The number of carbonyl (C=O) groups is 1. The average molecular weight is 623 g/mol. The van der Waals surface area contributed by atoms with Crippen molar-refractivity contribution in [1.29, 1.82) is 0 Å². The Balaban J connectivity index is 1.92. The Morgan fingerprint density at radius 2 is 1.81 bits per heavy atom. The van der Waals surface area contributed by atoms with Crippen LogP contribution in [-0.2, 0) is 17.6 Å². The lowest BCUT2D eigenvalue weighted by Crippen LogP contribution is -2.50. The van der Waals surface area contributed by atoms with E-state index in [-0.39, 0.29) is 12.1 Å². The van der Waals surface area contributed by atoms with Crippen LogP contribution in [0.1, 0.15) is 17.5 Å². The van der Waals surface area contributed by atoms with E-state index in [1.807, 2.05) is 24.3 Å². The highest BCUT2D eigenvalue weighted by molar-refractivity contribution is 9.11. The van der Waals surface area contributed by atoms with Crippen molar-refractivity contribution < 1.29 is 25.2 Å². The average Bonchev–Trinajstić information content (AvgIpc) is 2.74. The van der Waals surface area contributed by atoms with Gasteiger partial charge in [-0.05, 0) is 89.6 Å². The molecule has 0 heterocycles. The van der Waals surface area contributed by atoms with E-state index in [0.29, 0.717) is 25.3 Å². The predicted octanol–water partition coefficient (Wildman–Crippen LogP) is 3.73. The van der Waals surface area contributed by atoms with E-state index in [4.69, 9.17) is 9.47 Å². The number of ether oxygens (including phenoxy) is 2. The maximum absolute atomic E-state index is 12.4. The van der Waals surface area contributed by atoms with Crippen LogP contribution in [0, 0.1) is 0 Å². The van der Waals surface area contributed by atoms with Crippen LogP contribution in [0.4, 0.5) is 0 Å². The molecular formula is C21H25Br3N3O4+. The zero-order valence-corrected chi connectivity index (χ0v) is 21.8. The fraction of sp³-hybridized carbons (Fsp3) is 0.333. The lowest BCUT2D eigenvalue weighted by atomic mass is 10.1. The summed E-state index contributed by atoms with van der Waals surface area (Å²) in [6.07, 6.45) is 1.69. The van der Waals surface area contributed by atoms with Crippen LogP contribution in [0.25, 0.3) is 0 Å². The molecule has 7 nitrogen and oxygen atoms in total. The minimum absolute atomic E-state index is 0.0357. The minimum Gasteiger partial charge on any atom is -0.496 e. The first-order chi connectivity index (χ1) is 14.9. The van der Waals surface area contributed by atoms with Gasteiger partial charge in [0.15, 0.2) is 0 Å². The molecule has 0 saturated heterocycles. The van der Waals surface area contributed by atoms with Gasteiger partial charge >= 0.3 is 0 Å². The SMILES string of the molecule is COc1ccc(C/C(=N\O)C(=O)NCCc2cc(Br)c(OCCC[NH3+])c(Br)c2)cc1Br. The molecule has 1 amide bonds. The predicted molar refractivity (Wildman–Crippen MR) is 130 cm³/mol. The summed E-state index contributed by atoms with van der Waals surface area (Å²) in [6.45, 7) is 1.82. The molecule has 0 bridgehead atoms. The first kappa shape index (κ1) is 25.6. The van der Waals surface area contributed by atoms with Gasteiger partial charge in [-0.1, -0.05) is 11.2 Å². The smallest absolute Gasteiger partial charge is 0.269 e. The van der Waals surface area contributed by atoms with Gasteiger partial charge in [0.1, 0.15) is 17.2 Å². The number of amides is 1. The molecule has 5 N–H and O–H groups in total. The van der Waals surface area contributed by atoms with E-state index in [2.05, 4.69) is 64.0 Å². The summed E-state index contributed by atoms with van der Waals surface area (Å²) in [5.74, 6) is 1.02. The van der Waals surface area contributed by atoms with Gasteiger partial charge < -0.3 is 25.7 Å². The molecule has 0 fully saturated rings. The first-order valence-corrected chi connectivity index (χ1v) is 12.0. The van der Waals surface area contributed by atoms with Gasteiger partial charge in [0.2, 0.25) is 0 Å². The monoisotopic (exact) mass is 620 g/mol. The summed E-state index contributed by atoms with van der Waals surface area (Å²) < 4.78 is 13.4. The minimum atomic E-state index is -0.416. The molecule has 0 spiro atoms. The Bertz CT molecular complexity index is 915. The molecule has 0 aliphatic rings. The van der Waals surface area contributed by atoms with Crippen molar-refractivity contribution in [3.63, 3.8) is 0 Å². The Labute approximate surface area is 206 Å². The molecule has 168 valence electrons. The fourth-order valence-corrected chi connectivity index (χ4v) is 4.87. The molecule has 0 unspecified atom stereocenters. The largest absolute Gasteiger partial charge is 0.496 e. The van der Waals surface area contributed by atoms with Crippen molar-refractivity contribution in [2.75, 3.05) is 26.8 Å². The number of nitrogens with zero attached hydrogens (tertiary/aromatic N) is 1. The number of benzene rings is 2. The summed E-state index contributed by atoms with van der Waals surface area (Å²) in [7, 11) is 1.58. The summed E-state index contributed by atoms with van der Waals surface area (Å²) in [5.41, 5.74) is 5.68. The highest BCUT2D eigenvalue weighted by atomic mass is 79.9. The maximum atomic E-state index is 12.4. The second-order valence-corrected chi connectivity index (χ2v) is 9.21. The molecule has 2 aromatic rings. The van der Waals surface area contributed by atoms with Crippen LogP contribution >= 0.6 is 47.8 Å². The number of carbonyl (C=O) groups excluding carboxylic acids is 1. The van der Waals surface area contributed by atoms with Crippen LogP contribution in [0.5, 0.6) is 11.5 Å². The third-order valence-corrected chi connectivity index (χ3v) is 6.17. The van der Waals surface area contributed by atoms with Gasteiger partial charge in [-0.3, -0.25) is 4.79 Å². The summed E-state index contributed by atoms with van der Waals surface area (Å²) in [6, 6.07) is 9.36. The maximum Gasteiger partial charge on any atom is 0.269 e. The fourth-order valence-electron chi connectivity index (χ4n) is 2.77. The molecular weight excluding hydrogens is 598 g/mol. The lowest BCUT2D eigenvalue weighted by molar-refractivity contribution is -0.368. The molecule has 2 aromatic carbocycles. The van der Waals surface area contributed by atoms with Crippen molar-refractivity contribution in [1.82, 2.24) is 5.32 Å². The van der Waals surface area contributed by atoms with Crippen molar-refractivity contribution in [2.24, 2.45) is 5.16 Å². The Morgan fingerprint density at radius 1 is 1.13 bits per heavy atom. The van der Waals surface area contributed by atoms with Gasteiger partial charge in [-0.15, -0.1) is 0 Å². The number of nitrogens with one attached hydrogen (secondary N) is 1. The van der Waals surface area contributed by atoms with Gasteiger partial charge in [-0.2, -0.15) is 0 Å². The van der Waals surface area contributed by atoms with Crippen LogP contribution in [0.15, 0.2) is 48.9 Å². The molecule has 0 aliphatic heterocycles. The Morgan fingerprint density at radius 3 is 2.39 bits per heavy atom. The third-order valence-electron chi connectivity index (χ3n) is 4.37. The van der Waals surface area contributed by atoms with E-state index in [1.165, 1.54) is 0 Å². The number of hydrogen-bond donors (Lipinski definition) is 3. The zero-order chi connectivity index (χ0) is 22.8. The topological polar surface area (TPSA) is 108 Å². The molecule has 0 saturated carbocycles. The molecule has 0 aromatic heterocycles. The zero-order valence-electron chi connectivity index (χ0n) is 17.1.